The van der Waals surface area contributed by atoms with Crippen molar-refractivity contribution in [2.75, 3.05) is 10.9 Å². The molecule has 90 valence electrons. The molecule has 0 aromatic heterocycles. The van der Waals surface area contributed by atoms with Crippen LogP contribution >= 0.6 is 27.7 Å². The van der Waals surface area contributed by atoms with Crippen LogP contribution in [0.4, 0.5) is 0 Å². The van der Waals surface area contributed by atoms with E-state index in [4.69, 9.17) is 0 Å². The standard InChI is InChI=1S/C10H14BrNO2S2/c1-8(12-16(13,14)7-11)9-3-5-10(15-2)6-4-9/h3-6,8,12H,7H2,1-2H3. The monoisotopic (exact) mass is 323 g/mol. The second-order valence-electron chi connectivity index (χ2n) is 3.34. The van der Waals surface area contributed by atoms with E-state index in [-0.39, 0.29) is 10.7 Å². The Bertz CT molecular complexity index is 431. The number of alkyl halides is 1. The first-order valence-electron chi connectivity index (χ1n) is 4.68. The molecular formula is C10H14BrNO2S2. The van der Waals surface area contributed by atoms with Gasteiger partial charge in [-0.3, -0.25) is 0 Å². The van der Waals surface area contributed by atoms with Crippen LogP contribution in [0.3, 0.4) is 0 Å². The van der Waals surface area contributed by atoms with Gasteiger partial charge in [0.25, 0.3) is 0 Å². The summed E-state index contributed by atoms with van der Waals surface area (Å²) in [5, 5.41) is 0. The van der Waals surface area contributed by atoms with Crippen LogP contribution in [0.15, 0.2) is 29.2 Å². The minimum atomic E-state index is -3.22. The lowest BCUT2D eigenvalue weighted by Crippen LogP contribution is -2.27. The van der Waals surface area contributed by atoms with Gasteiger partial charge in [-0.25, -0.2) is 13.1 Å². The quantitative estimate of drug-likeness (QED) is 0.669. The smallest absolute Gasteiger partial charge is 0.212 e. The molecule has 6 heteroatoms. The van der Waals surface area contributed by atoms with Gasteiger partial charge in [0.2, 0.25) is 10.0 Å². The molecule has 0 aliphatic heterocycles. The molecule has 1 aromatic rings. The van der Waals surface area contributed by atoms with Crippen LogP contribution in [0.1, 0.15) is 18.5 Å². The van der Waals surface area contributed by atoms with Gasteiger partial charge < -0.3 is 0 Å². The third kappa shape index (κ3) is 4.08. The SMILES string of the molecule is CSc1ccc(C(C)NS(=O)(=O)CBr)cc1. The van der Waals surface area contributed by atoms with Crippen molar-refractivity contribution in [1.29, 1.82) is 0 Å². The zero-order valence-corrected chi connectivity index (χ0v) is 12.3. The van der Waals surface area contributed by atoms with E-state index in [0.29, 0.717) is 0 Å². The first kappa shape index (κ1) is 14.0. The third-order valence-corrected chi connectivity index (χ3v) is 5.67. The zero-order chi connectivity index (χ0) is 12.2. The highest BCUT2D eigenvalue weighted by molar-refractivity contribution is 9.10. The van der Waals surface area contributed by atoms with E-state index >= 15 is 0 Å². The number of sulfonamides is 1. The van der Waals surface area contributed by atoms with E-state index in [1.807, 2.05) is 37.4 Å². The largest absolute Gasteiger partial charge is 0.222 e. The molecule has 0 spiro atoms. The van der Waals surface area contributed by atoms with Crippen molar-refractivity contribution < 1.29 is 8.42 Å². The molecule has 1 rings (SSSR count). The molecule has 0 radical (unpaired) electrons. The van der Waals surface area contributed by atoms with Crippen LogP contribution in [0.2, 0.25) is 0 Å². The van der Waals surface area contributed by atoms with Gasteiger partial charge >= 0.3 is 0 Å². The average molecular weight is 324 g/mol. The van der Waals surface area contributed by atoms with E-state index < -0.39 is 10.0 Å². The molecule has 1 N–H and O–H groups in total. The predicted octanol–water partition coefficient (Wildman–Crippen LogP) is 2.74. The minimum absolute atomic E-state index is 0.0762. The Balaban J connectivity index is 2.77. The van der Waals surface area contributed by atoms with Crippen molar-refractivity contribution >= 4 is 37.7 Å². The van der Waals surface area contributed by atoms with E-state index in [1.165, 1.54) is 4.90 Å². The first-order valence-corrected chi connectivity index (χ1v) is 8.68. The van der Waals surface area contributed by atoms with Crippen molar-refractivity contribution in [3.05, 3.63) is 29.8 Å². The van der Waals surface area contributed by atoms with E-state index in [1.54, 1.807) is 11.8 Å². The van der Waals surface area contributed by atoms with Crippen LogP contribution in [-0.2, 0) is 10.0 Å². The van der Waals surface area contributed by atoms with Crippen molar-refractivity contribution in [1.82, 2.24) is 4.72 Å². The molecule has 0 fully saturated rings. The molecule has 0 amide bonds. The summed E-state index contributed by atoms with van der Waals surface area (Å²) in [6.45, 7) is 1.83. The van der Waals surface area contributed by atoms with Crippen molar-refractivity contribution in [2.24, 2.45) is 0 Å². The topological polar surface area (TPSA) is 46.2 Å². The Morgan fingerprint density at radius 2 is 1.94 bits per heavy atom. The summed E-state index contributed by atoms with van der Waals surface area (Å²) in [7, 11) is -3.22. The van der Waals surface area contributed by atoms with Gasteiger partial charge in [0, 0.05) is 10.9 Å². The Hall–Kier alpha value is -0.0400. The normalized spacial score (nSPS) is 13.7. The van der Waals surface area contributed by atoms with Crippen LogP contribution in [0, 0.1) is 0 Å². The second-order valence-corrected chi connectivity index (χ2v) is 7.27. The first-order chi connectivity index (χ1) is 7.48. The lowest BCUT2D eigenvalue weighted by molar-refractivity contribution is 0.572. The number of thioether (sulfide) groups is 1. The van der Waals surface area contributed by atoms with Crippen LogP contribution in [0.5, 0.6) is 0 Å². The summed E-state index contributed by atoms with van der Waals surface area (Å²) in [6.07, 6.45) is 2.01. The van der Waals surface area contributed by atoms with E-state index in [9.17, 15) is 8.42 Å². The molecule has 3 nitrogen and oxygen atoms in total. The Morgan fingerprint density at radius 3 is 2.38 bits per heavy atom. The molecule has 0 aliphatic carbocycles. The van der Waals surface area contributed by atoms with Crippen LogP contribution < -0.4 is 4.72 Å². The van der Waals surface area contributed by atoms with Gasteiger partial charge in [0.15, 0.2) is 0 Å². The van der Waals surface area contributed by atoms with Crippen molar-refractivity contribution in [3.8, 4) is 0 Å². The summed E-state index contributed by atoms with van der Waals surface area (Å²) < 4.78 is 25.2. The number of halogens is 1. The maximum absolute atomic E-state index is 11.3. The molecule has 0 bridgehead atoms. The summed E-state index contributed by atoms with van der Waals surface area (Å²) in [4.78, 5) is 1.17. The van der Waals surface area contributed by atoms with Crippen molar-refractivity contribution in [3.63, 3.8) is 0 Å². The highest BCUT2D eigenvalue weighted by Gasteiger charge is 2.13. The maximum Gasteiger partial charge on any atom is 0.222 e. The fourth-order valence-electron chi connectivity index (χ4n) is 1.26. The maximum atomic E-state index is 11.3. The van der Waals surface area contributed by atoms with Gasteiger partial charge in [-0.15, -0.1) is 11.8 Å². The lowest BCUT2D eigenvalue weighted by atomic mass is 10.1. The summed E-state index contributed by atoms with van der Waals surface area (Å²) in [5.74, 6) is 0. The van der Waals surface area contributed by atoms with Crippen LogP contribution in [0.25, 0.3) is 0 Å². The molecule has 0 heterocycles. The fourth-order valence-corrected chi connectivity index (χ4v) is 2.80. The second kappa shape index (κ2) is 6.05. The molecule has 16 heavy (non-hydrogen) atoms. The number of hydrogen-bond acceptors (Lipinski definition) is 3. The molecule has 0 aliphatic rings. The highest BCUT2D eigenvalue weighted by Crippen LogP contribution is 2.19. The fraction of sp³-hybridized carbons (Fsp3) is 0.400. The summed E-state index contributed by atoms with van der Waals surface area (Å²) in [5.41, 5.74) is 0.960. The number of rotatable bonds is 5. The molecule has 1 unspecified atom stereocenters. The molecular weight excluding hydrogens is 310 g/mol. The van der Waals surface area contributed by atoms with Gasteiger partial charge in [-0.2, -0.15) is 0 Å². The van der Waals surface area contributed by atoms with Crippen LogP contribution in [-0.4, -0.2) is 19.3 Å². The summed E-state index contributed by atoms with van der Waals surface area (Å²) in [6, 6.07) is 7.64. The highest BCUT2D eigenvalue weighted by atomic mass is 79.9. The summed E-state index contributed by atoms with van der Waals surface area (Å²) >= 11 is 4.60. The number of benzene rings is 1. The van der Waals surface area contributed by atoms with Gasteiger partial charge in [0.05, 0.1) is 0 Å². The Kier molecular flexibility index (Phi) is 5.30. The predicted molar refractivity (Wildman–Crippen MR) is 72.5 cm³/mol. The van der Waals surface area contributed by atoms with Gasteiger partial charge in [-0.1, -0.05) is 28.1 Å². The Labute approximate surface area is 109 Å². The van der Waals surface area contributed by atoms with Crippen molar-refractivity contribution in [2.45, 2.75) is 17.9 Å². The van der Waals surface area contributed by atoms with Gasteiger partial charge in [-0.05, 0) is 30.9 Å². The molecule has 0 saturated heterocycles. The van der Waals surface area contributed by atoms with E-state index in [0.717, 1.165) is 5.56 Å². The third-order valence-electron chi connectivity index (χ3n) is 2.12. The number of nitrogens with one attached hydrogen (secondary N) is 1. The zero-order valence-electron chi connectivity index (χ0n) is 9.10. The molecule has 1 atom stereocenters. The lowest BCUT2D eigenvalue weighted by Gasteiger charge is -2.13. The molecule has 0 saturated carbocycles. The number of hydrogen-bond donors (Lipinski definition) is 1. The van der Waals surface area contributed by atoms with Gasteiger partial charge in [0.1, 0.15) is 4.66 Å². The minimum Gasteiger partial charge on any atom is -0.212 e. The average Bonchev–Trinajstić information content (AvgIpc) is 2.28. The molecule has 1 aromatic carbocycles. The van der Waals surface area contributed by atoms with E-state index in [2.05, 4.69) is 20.7 Å². The Morgan fingerprint density at radius 1 is 1.38 bits per heavy atom.